The molecule has 0 saturated carbocycles. The molecule has 0 fully saturated rings. The van der Waals surface area contributed by atoms with Gasteiger partial charge in [0.15, 0.2) is 12.2 Å². The number of amides is 1. The summed E-state index contributed by atoms with van der Waals surface area (Å²) in [6.45, 7) is 1.21. The van der Waals surface area contributed by atoms with Crippen molar-refractivity contribution in [2.75, 3.05) is 43.6 Å². The number of para-hydroxylation sites is 1. The highest BCUT2D eigenvalue weighted by Gasteiger charge is 2.28. The van der Waals surface area contributed by atoms with Crippen LogP contribution in [0.5, 0.6) is 0 Å². The van der Waals surface area contributed by atoms with Crippen molar-refractivity contribution in [3.63, 3.8) is 0 Å². The van der Waals surface area contributed by atoms with Crippen LogP contribution >= 0.6 is 0 Å². The number of ether oxygens (including phenoxy) is 1. The van der Waals surface area contributed by atoms with Gasteiger partial charge in [0, 0.05) is 49.1 Å². The number of aliphatic hydroxyl groups is 1. The number of aliphatic hydroxyl groups excluding tert-OH is 1. The molecule has 0 unspecified atom stereocenters. The fraction of sp³-hybridized carbons (Fsp3) is 0.259. The Morgan fingerprint density at radius 2 is 1.97 bits per heavy atom. The molecule has 10 heteroatoms. The van der Waals surface area contributed by atoms with Gasteiger partial charge in [0.05, 0.1) is 25.0 Å². The smallest absolute Gasteiger partial charge is 0.248 e. The van der Waals surface area contributed by atoms with Gasteiger partial charge < -0.3 is 29.4 Å². The van der Waals surface area contributed by atoms with Crippen molar-refractivity contribution < 1.29 is 19.1 Å². The maximum Gasteiger partial charge on any atom is 0.248 e. The number of methoxy groups -OCH3 is 1. The summed E-state index contributed by atoms with van der Waals surface area (Å²) in [5.41, 5.74) is 4.34. The predicted molar refractivity (Wildman–Crippen MR) is 139 cm³/mol. The normalized spacial score (nSPS) is 12.8. The van der Waals surface area contributed by atoms with Gasteiger partial charge in [-0.3, -0.25) is 4.79 Å². The molecule has 0 atom stereocenters. The Bertz CT molecular complexity index is 1330. The third-order valence-corrected chi connectivity index (χ3v) is 6.16. The zero-order chi connectivity index (χ0) is 25.6. The van der Waals surface area contributed by atoms with E-state index in [1.165, 1.54) is 13.5 Å². The number of oxazole rings is 1. The van der Waals surface area contributed by atoms with Gasteiger partial charge in [0.25, 0.3) is 0 Å². The van der Waals surface area contributed by atoms with Gasteiger partial charge in [-0.15, -0.1) is 0 Å². The lowest BCUT2D eigenvalue weighted by molar-refractivity contribution is -0.136. The van der Waals surface area contributed by atoms with Crippen LogP contribution in [0.1, 0.15) is 11.3 Å². The quantitative estimate of drug-likeness (QED) is 0.356. The van der Waals surface area contributed by atoms with E-state index >= 15 is 0 Å². The van der Waals surface area contributed by atoms with Gasteiger partial charge in [0.1, 0.15) is 12.4 Å². The number of nitrogens with one attached hydrogen (secondary N) is 1. The molecule has 2 aromatic carbocycles. The lowest BCUT2D eigenvalue weighted by Gasteiger charge is -2.33. The van der Waals surface area contributed by atoms with E-state index < -0.39 is 0 Å². The average Bonchev–Trinajstić information content (AvgIpc) is 3.47. The van der Waals surface area contributed by atoms with E-state index in [0.717, 1.165) is 28.2 Å². The Morgan fingerprint density at radius 3 is 2.68 bits per heavy atom. The first kappa shape index (κ1) is 24.4. The Labute approximate surface area is 214 Å². The predicted octanol–water partition coefficient (Wildman–Crippen LogP) is 3.54. The van der Waals surface area contributed by atoms with E-state index in [9.17, 15) is 9.90 Å². The largest absolute Gasteiger partial charge is 0.444 e. The van der Waals surface area contributed by atoms with E-state index in [0.29, 0.717) is 43.6 Å². The summed E-state index contributed by atoms with van der Waals surface area (Å²) < 4.78 is 10.4. The summed E-state index contributed by atoms with van der Waals surface area (Å²) in [6, 6.07) is 17.5. The van der Waals surface area contributed by atoms with E-state index in [-0.39, 0.29) is 19.1 Å². The molecule has 1 aliphatic heterocycles. The molecule has 0 aliphatic carbocycles. The summed E-state index contributed by atoms with van der Waals surface area (Å²) in [5, 5.41) is 13.2. The van der Waals surface area contributed by atoms with Gasteiger partial charge in [-0.2, -0.15) is 4.98 Å². The zero-order valence-corrected chi connectivity index (χ0v) is 20.5. The minimum absolute atomic E-state index is 0.0221. The molecule has 0 bridgehead atoms. The van der Waals surface area contributed by atoms with E-state index in [1.807, 2.05) is 59.5 Å². The highest BCUT2D eigenvalue weighted by Crippen LogP contribution is 2.33. The van der Waals surface area contributed by atoms with E-state index in [4.69, 9.17) is 19.1 Å². The standard InChI is InChI=1S/C27H28N6O4/c1-36-17-25(35)32-12-11-23-22(16-32)26(33(13-14-34)21-5-3-2-4-6-21)31-27(30-23)29-20-9-7-19(8-10-20)24-15-28-18-37-24/h2-10,15,18,34H,11-14,16-17H2,1H3,(H,29,30,31). The third-order valence-electron chi connectivity index (χ3n) is 6.16. The number of rotatable bonds is 9. The minimum Gasteiger partial charge on any atom is -0.444 e. The molecule has 0 spiro atoms. The average molecular weight is 501 g/mol. The van der Waals surface area contributed by atoms with Crippen LogP contribution in [0.3, 0.4) is 0 Å². The molecule has 5 rings (SSSR count). The second kappa shape index (κ2) is 11.2. The lowest BCUT2D eigenvalue weighted by atomic mass is 10.0. The number of fused-ring (bicyclic) bond motifs is 1. The number of hydrogen-bond donors (Lipinski definition) is 2. The van der Waals surface area contributed by atoms with Crippen molar-refractivity contribution >= 4 is 29.0 Å². The fourth-order valence-corrected chi connectivity index (χ4v) is 4.37. The van der Waals surface area contributed by atoms with Crippen LogP contribution < -0.4 is 10.2 Å². The molecule has 0 saturated heterocycles. The fourth-order valence-electron chi connectivity index (χ4n) is 4.37. The molecule has 10 nitrogen and oxygen atoms in total. The number of benzene rings is 2. The van der Waals surface area contributed by atoms with Crippen molar-refractivity contribution in [1.82, 2.24) is 19.9 Å². The Morgan fingerprint density at radius 1 is 1.16 bits per heavy atom. The summed E-state index contributed by atoms with van der Waals surface area (Å²) in [7, 11) is 1.51. The SMILES string of the molecule is COCC(=O)N1CCc2nc(Nc3ccc(-c4cnco4)cc3)nc(N(CCO)c3ccccc3)c2C1. The minimum atomic E-state index is -0.0819. The number of anilines is 4. The van der Waals surface area contributed by atoms with Crippen LogP contribution in [0.25, 0.3) is 11.3 Å². The molecule has 1 aliphatic rings. The molecule has 190 valence electrons. The van der Waals surface area contributed by atoms with Crippen molar-refractivity contribution in [2.24, 2.45) is 0 Å². The van der Waals surface area contributed by atoms with Gasteiger partial charge in [0.2, 0.25) is 11.9 Å². The first-order valence-corrected chi connectivity index (χ1v) is 12.0. The first-order chi connectivity index (χ1) is 18.2. The Balaban J connectivity index is 1.51. The van der Waals surface area contributed by atoms with Crippen molar-refractivity contribution in [1.29, 1.82) is 0 Å². The van der Waals surface area contributed by atoms with Crippen molar-refractivity contribution in [3.8, 4) is 11.3 Å². The number of aromatic nitrogens is 3. The molecule has 0 radical (unpaired) electrons. The first-order valence-electron chi connectivity index (χ1n) is 12.0. The van der Waals surface area contributed by atoms with Gasteiger partial charge >= 0.3 is 0 Å². The molecule has 2 N–H and O–H groups in total. The third kappa shape index (κ3) is 5.45. The van der Waals surface area contributed by atoms with Gasteiger partial charge in [-0.05, 0) is 36.4 Å². The van der Waals surface area contributed by atoms with Crippen molar-refractivity contribution in [3.05, 3.63) is 78.4 Å². The monoisotopic (exact) mass is 500 g/mol. The van der Waals surface area contributed by atoms with E-state index in [2.05, 4.69) is 10.3 Å². The van der Waals surface area contributed by atoms with Crippen LogP contribution in [-0.2, 0) is 22.5 Å². The van der Waals surface area contributed by atoms with Gasteiger partial charge in [-0.25, -0.2) is 9.97 Å². The molecular formula is C27H28N6O4. The maximum absolute atomic E-state index is 12.6. The summed E-state index contributed by atoms with van der Waals surface area (Å²) in [5.74, 6) is 1.70. The second-order valence-electron chi connectivity index (χ2n) is 8.57. The highest BCUT2D eigenvalue weighted by molar-refractivity contribution is 5.78. The second-order valence-corrected chi connectivity index (χ2v) is 8.57. The highest BCUT2D eigenvalue weighted by atomic mass is 16.5. The number of carbonyl (C=O) groups is 1. The summed E-state index contributed by atoms with van der Waals surface area (Å²) in [4.78, 5) is 30.0. The lowest BCUT2D eigenvalue weighted by Crippen LogP contribution is -2.39. The van der Waals surface area contributed by atoms with Crippen molar-refractivity contribution in [2.45, 2.75) is 13.0 Å². The number of carbonyl (C=O) groups excluding carboxylic acids is 1. The molecule has 2 aromatic heterocycles. The number of nitrogens with zero attached hydrogens (tertiary/aromatic N) is 5. The maximum atomic E-state index is 12.6. The van der Waals surface area contributed by atoms with E-state index in [1.54, 1.807) is 11.1 Å². The topological polar surface area (TPSA) is 117 Å². The summed E-state index contributed by atoms with van der Waals surface area (Å²) in [6.07, 6.45) is 3.65. The van der Waals surface area contributed by atoms with Gasteiger partial charge in [-0.1, -0.05) is 18.2 Å². The zero-order valence-electron chi connectivity index (χ0n) is 20.5. The van der Waals surface area contributed by atoms with Crippen LogP contribution in [0, 0.1) is 0 Å². The van der Waals surface area contributed by atoms with Crippen LogP contribution in [0.15, 0.2) is 71.6 Å². The summed E-state index contributed by atoms with van der Waals surface area (Å²) >= 11 is 0. The van der Waals surface area contributed by atoms with Crippen LogP contribution in [-0.4, -0.2) is 64.3 Å². The Kier molecular flexibility index (Phi) is 7.38. The van der Waals surface area contributed by atoms with Crippen LogP contribution in [0.2, 0.25) is 0 Å². The Hall–Kier alpha value is -4.28. The number of hydrogen-bond acceptors (Lipinski definition) is 9. The molecule has 3 heterocycles. The molecule has 1 amide bonds. The molecule has 37 heavy (non-hydrogen) atoms. The molecular weight excluding hydrogens is 472 g/mol. The van der Waals surface area contributed by atoms with Crippen LogP contribution in [0.4, 0.5) is 23.1 Å². The molecule has 4 aromatic rings.